The van der Waals surface area contributed by atoms with E-state index in [1.54, 1.807) is 6.07 Å². The molecule has 120 valence electrons. The highest BCUT2D eigenvalue weighted by Crippen LogP contribution is 2.32. The van der Waals surface area contributed by atoms with Crippen LogP contribution in [0.1, 0.15) is 28.5 Å². The maximum Gasteiger partial charge on any atom is 0.433 e. The molecule has 2 aromatic rings. The minimum atomic E-state index is -4.75. The van der Waals surface area contributed by atoms with Crippen molar-refractivity contribution in [1.82, 2.24) is 9.78 Å². The van der Waals surface area contributed by atoms with Crippen LogP contribution in [0.3, 0.4) is 0 Å². The van der Waals surface area contributed by atoms with Crippen LogP contribution in [0.2, 0.25) is 0 Å². The topological polar surface area (TPSA) is 70.7 Å². The number of hydrogen-bond acceptors (Lipinski definition) is 3. The van der Waals surface area contributed by atoms with Crippen molar-refractivity contribution in [3.05, 3.63) is 47.0 Å². The van der Waals surface area contributed by atoms with Gasteiger partial charge in [0.05, 0.1) is 17.3 Å². The molecule has 9 heteroatoms. The van der Waals surface area contributed by atoms with Gasteiger partial charge in [0.25, 0.3) is 5.91 Å². The monoisotopic (exact) mass is 326 g/mol. The van der Waals surface area contributed by atoms with Crippen LogP contribution < -0.4 is 5.32 Å². The molecule has 5 nitrogen and oxygen atoms in total. The quantitative estimate of drug-likeness (QED) is 0.881. The molecular formula is C14H10F4N4O. The molecule has 0 aliphatic heterocycles. The summed E-state index contributed by atoms with van der Waals surface area (Å²) in [7, 11) is 0. The van der Waals surface area contributed by atoms with Gasteiger partial charge in [-0.3, -0.25) is 9.48 Å². The van der Waals surface area contributed by atoms with Crippen molar-refractivity contribution < 1.29 is 22.4 Å². The number of nitrogens with one attached hydrogen (secondary N) is 1. The van der Waals surface area contributed by atoms with Crippen molar-refractivity contribution in [1.29, 1.82) is 5.26 Å². The number of carbonyl (C=O) groups excluding carboxylic acids is 1. The number of alkyl halides is 3. The third-order valence-electron chi connectivity index (χ3n) is 3.00. The average Bonchev–Trinajstić information content (AvgIpc) is 2.93. The molecule has 0 radical (unpaired) electrons. The number of rotatable bonds is 3. The summed E-state index contributed by atoms with van der Waals surface area (Å²) in [6.45, 7) is 1.40. The van der Waals surface area contributed by atoms with E-state index in [-0.39, 0.29) is 17.8 Å². The predicted molar refractivity (Wildman–Crippen MR) is 72.0 cm³/mol. The Morgan fingerprint density at radius 1 is 1.43 bits per heavy atom. The van der Waals surface area contributed by atoms with E-state index in [0.717, 1.165) is 24.4 Å². The van der Waals surface area contributed by atoms with E-state index >= 15 is 0 Å². The molecule has 0 aliphatic carbocycles. The van der Waals surface area contributed by atoms with Crippen LogP contribution in [0.15, 0.2) is 24.4 Å². The van der Waals surface area contributed by atoms with Gasteiger partial charge in [0.15, 0.2) is 5.69 Å². The van der Waals surface area contributed by atoms with Crippen LogP contribution in [0.25, 0.3) is 0 Å². The molecule has 0 spiro atoms. The lowest BCUT2D eigenvalue weighted by molar-refractivity contribution is -0.144. The van der Waals surface area contributed by atoms with E-state index in [1.807, 2.05) is 0 Å². The second-order valence-electron chi connectivity index (χ2n) is 4.48. The minimum Gasteiger partial charge on any atom is -0.322 e. The number of carbonyl (C=O) groups is 1. The van der Waals surface area contributed by atoms with E-state index in [0.29, 0.717) is 4.68 Å². The fraction of sp³-hybridized carbons (Fsp3) is 0.214. The zero-order valence-electron chi connectivity index (χ0n) is 11.8. The molecule has 0 saturated carbocycles. The van der Waals surface area contributed by atoms with Gasteiger partial charge in [-0.25, -0.2) is 4.39 Å². The Labute approximate surface area is 128 Å². The molecule has 0 aliphatic rings. The van der Waals surface area contributed by atoms with Gasteiger partial charge < -0.3 is 5.32 Å². The van der Waals surface area contributed by atoms with E-state index in [1.165, 1.54) is 6.92 Å². The van der Waals surface area contributed by atoms with Crippen molar-refractivity contribution >= 4 is 11.6 Å². The first kappa shape index (κ1) is 16.5. The summed E-state index contributed by atoms with van der Waals surface area (Å²) >= 11 is 0. The lowest BCUT2D eigenvalue weighted by Crippen LogP contribution is -2.21. The molecule has 1 aromatic carbocycles. The zero-order chi connectivity index (χ0) is 17.2. The Bertz CT molecular complexity index is 789. The lowest BCUT2D eigenvalue weighted by Gasteiger charge is -2.11. The first-order chi connectivity index (χ1) is 10.8. The van der Waals surface area contributed by atoms with Crippen LogP contribution >= 0.6 is 0 Å². The predicted octanol–water partition coefficient (Wildman–Crippen LogP) is 3.18. The molecule has 1 aromatic heterocycles. The molecule has 1 amide bonds. The number of benzene rings is 1. The number of nitrogens with zero attached hydrogens (tertiary/aromatic N) is 3. The summed E-state index contributed by atoms with van der Waals surface area (Å²) in [5.74, 6) is -1.84. The van der Waals surface area contributed by atoms with Crippen molar-refractivity contribution in [3.8, 4) is 6.07 Å². The van der Waals surface area contributed by atoms with E-state index in [9.17, 15) is 22.4 Å². The number of aryl methyl sites for hydroxylation is 1. The Morgan fingerprint density at radius 2 is 2.13 bits per heavy atom. The van der Waals surface area contributed by atoms with E-state index in [4.69, 9.17) is 5.26 Å². The van der Waals surface area contributed by atoms with Crippen LogP contribution in [-0.2, 0) is 12.7 Å². The number of hydrogen-bond donors (Lipinski definition) is 1. The number of amides is 1. The molecule has 0 bridgehead atoms. The Balaban J connectivity index is 2.36. The van der Waals surface area contributed by atoms with Crippen molar-refractivity contribution in [2.24, 2.45) is 0 Å². The Kier molecular flexibility index (Phi) is 4.36. The van der Waals surface area contributed by atoms with E-state index in [2.05, 4.69) is 10.4 Å². The fourth-order valence-electron chi connectivity index (χ4n) is 1.98. The third kappa shape index (κ3) is 3.31. The van der Waals surface area contributed by atoms with Gasteiger partial charge in [0, 0.05) is 12.2 Å². The van der Waals surface area contributed by atoms with Crippen LogP contribution in [0.4, 0.5) is 23.2 Å². The summed E-state index contributed by atoms with van der Waals surface area (Å²) < 4.78 is 53.1. The molecule has 2 rings (SSSR count). The Hall–Kier alpha value is -2.89. The normalized spacial score (nSPS) is 11.1. The molecule has 0 unspecified atom stereocenters. The summed E-state index contributed by atoms with van der Waals surface area (Å²) in [5, 5.41) is 14.5. The number of halogens is 4. The van der Waals surface area contributed by atoms with Gasteiger partial charge in [0.2, 0.25) is 0 Å². The van der Waals surface area contributed by atoms with Gasteiger partial charge in [-0.05, 0) is 25.1 Å². The Morgan fingerprint density at radius 3 is 2.70 bits per heavy atom. The molecule has 0 atom stereocenters. The number of anilines is 1. The maximum atomic E-state index is 13.2. The summed E-state index contributed by atoms with van der Waals surface area (Å²) in [4.78, 5) is 12.1. The van der Waals surface area contributed by atoms with Gasteiger partial charge in [0.1, 0.15) is 11.9 Å². The van der Waals surface area contributed by atoms with E-state index < -0.39 is 29.2 Å². The molecule has 23 heavy (non-hydrogen) atoms. The van der Waals surface area contributed by atoms with Gasteiger partial charge in [-0.2, -0.15) is 23.5 Å². The van der Waals surface area contributed by atoms with Crippen molar-refractivity contribution in [2.75, 3.05) is 5.32 Å². The highest BCUT2D eigenvalue weighted by atomic mass is 19.4. The first-order valence-electron chi connectivity index (χ1n) is 6.42. The standard InChI is InChI=1S/C14H10F4N4O/c1-2-22-12(14(16,17)18)10(7-20-22)13(23)21-9-3-4-11(15)8(5-9)6-19/h3-5,7H,2H2,1H3,(H,21,23). The summed E-state index contributed by atoms with van der Waals surface area (Å²) in [5.41, 5.74) is -2.14. The molecule has 1 heterocycles. The van der Waals surface area contributed by atoms with Gasteiger partial charge >= 0.3 is 6.18 Å². The summed E-state index contributed by atoms with van der Waals surface area (Å²) in [6.07, 6.45) is -3.93. The number of nitriles is 1. The smallest absolute Gasteiger partial charge is 0.322 e. The third-order valence-corrected chi connectivity index (χ3v) is 3.00. The zero-order valence-corrected chi connectivity index (χ0v) is 11.8. The van der Waals surface area contributed by atoms with Crippen LogP contribution in [-0.4, -0.2) is 15.7 Å². The highest BCUT2D eigenvalue weighted by molar-refractivity contribution is 6.05. The SMILES string of the molecule is CCn1ncc(C(=O)Nc2ccc(F)c(C#N)c2)c1C(F)(F)F. The van der Waals surface area contributed by atoms with Crippen molar-refractivity contribution in [2.45, 2.75) is 19.6 Å². The van der Waals surface area contributed by atoms with Gasteiger partial charge in [-0.1, -0.05) is 0 Å². The second-order valence-corrected chi connectivity index (χ2v) is 4.48. The van der Waals surface area contributed by atoms with Crippen molar-refractivity contribution in [3.63, 3.8) is 0 Å². The molecule has 0 fully saturated rings. The highest BCUT2D eigenvalue weighted by Gasteiger charge is 2.39. The minimum absolute atomic E-state index is 0.00493. The van der Waals surface area contributed by atoms with Crippen LogP contribution in [0, 0.1) is 17.1 Å². The molecular weight excluding hydrogens is 316 g/mol. The fourth-order valence-corrected chi connectivity index (χ4v) is 1.98. The first-order valence-corrected chi connectivity index (χ1v) is 6.42. The summed E-state index contributed by atoms with van der Waals surface area (Å²) in [6, 6.07) is 4.69. The second kappa shape index (κ2) is 6.08. The number of aromatic nitrogens is 2. The largest absolute Gasteiger partial charge is 0.433 e. The van der Waals surface area contributed by atoms with Crippen LogP contribution in [0.5, 0.6) is 0 Å². The average molecular weight is 326 g/mol. The maximum absolute atomic E-state index is 13.2. The van der Waals surface area contributed by atoms with Gasteiger partial charge in [-0.15, -0.1) is 0 Å². The molecule has 0 saturated heterocycles. The molecule has 1 N–H and O–H groups in total. The lowest BCUT2D eigenvalue weighted by atomic mass is 10.2.